The molecule has 2 aromatic carbocycles. The zero-order valence-electron chi connectivity index (χ0n) is 15.5. The maximum absolute atomic E-state index is 12.1. The van der Waals surface area contributed by atoms with Crippen LogP contribution >= 0.6 is 23.2 Å². The highest BCUT2D eigenvalue weighted by atomic mass is 35.5. The number of amides is 2. The van der Waals surface area contributed by atoms with Gasteiger partial charge in [0.1, 0.15) is 11.5 Å². The summed E-state index contributed by atoms with van der Waals surface area (Å²) in [7, 11) is 0. The average Bonchev–Trinajstić information content (AvgIpc) is 3.18. The number of furan rings is 1. The second kappa shape index (κ2) is 9.45. The molecular weight excluding hydrogens is 411 g/mol. The summed E-state index contributed by atoms with van der Waals surface area (Å²) in [6.07, 6.45) is 3.34. The highest BCUT2D eigenvalue weighted by Gasteiger charge is 2.10. The maximum Gasteiger partial charge on any atom is 0.248 e. The first kappa shape index (κ1) is 20.7. The van der Waals surface area contributed by atoms with Crippen molar-refractivity contribution in [2.45, 2.75) is 13.3 Å². The van der Waals surface area contributed by atoms with E-state index in [1.165, 1.54) is 6.08 Å². The number of carbonyl (C=O) groups is 2. The smallest absolute Gasteiger partial charge is 0.248 e. The normalized spacial score (nSPS) is 10.9. The van der Waals surface area contributed by atoms with Crippen LogP contribution in [0.5, 0.6) is 0 Å². The van der Waals surface area contributed by atoms with Gasteiger partial charge in [0.05, 0.1) is 10.0 Å². The molecule has 29 heavy (non-hydrogen) atoms. The van der Waals surface area contributed by atoms with Gasteiger partial charge in [-0.05, 0) is 54.6 Å². The van der Waals surface area contributed by atoms with E-state index < -0.39 is 0 Å². The number of hydrogen-bond donors (Lipinski definition) is 2. The van der Waals surface area contributed by atoms with Crippen molar-refractivity contribution < 1.29 is 14.0 Å². The minimum Gasteiger partial charge on any atom is -0.457 e. The number of benzene rings is 2. The number of hydrogen-bond acceptors (Lipinski definition) is 3. The van der Waals surface area contributed by atoms with Crippen molar-refractivity contribution in [3.05, 3.63) is 76.5 Å². The highest BCUT2D eigenvalue weighted by Crippen LogP contribution is 2.34. The van der Waals surface area contributed by atoms with E-state index in [0.29, 0.717) is 44.9 Å². The fourth-order valence-corrected chi connectivity index (χ4v) is 2.90. The predicted octanol–water partition coefficient (Wildman–Crippen LogP) is 6.25. The van der Waals surface area contributed by atoms with Gasteiger partial charge in [0.2, 0.25) is 11.8 Å². The monoisotopic (exact) mass is 428 g/mol. The first-order chi connectivity index (χ1) is 14.0. The molecule has 148 valence electrons. The van der Waals surface area contributed by atoms with E-state index in [1.54, 1.807) is 67.6 Å². The minimum absolute atomic E-state index is 0.0680. The van der Waals surface area contributed by atoms with Crippen molar-refractivity contribution in [3.63, 3.8) is 0 Å². The largest absolute Gasteiger partial charge is 0.457 e. The molecule has 0 spiro atoms. The Bertz CT molecular complexity index is 1060. The van der Waals surface area contributed by atoms with Gasteiger partial charge in [0, 0.05) is 29.4 Å². The SMILES string of the molecule is CCC(=O)Nc1ccc(NC(=O)C=Cc2ccc(-c3cccc(Cl)c3Cl)o2)cc1. The van der Waals surface area contributed by atoms with Crippen LogP contribution in [0.2, 0.25) is 10.0 Å². The molecule has 2 N–H and O–H groups in total. The van der Waals surface area contributed by atoms with Crippen molar-refractivity contribution >= 4 is 52.5 Å². The summed E-state index contributed by atoms with van der Waals surface area (Å²) in [6, 6.07) is 15.7. The Labute approximate surface area is 178 Å². The third-order valence-electron chi connectivity index (χ3n) is 4.00. The number of carbonyl (C=O) groups excluding carboxylic acids is 2. The third kappa shape index (κ3) is 5.50. The molecule has 0 bridgehead atoms. The lowest BCUT2D eigenvalue weighted by atomic mass is 10.2. The molecule has 5 nitrogen and oxygen atoms in total. The van der Waals surface area contributed by atoms with Crippen molar-refractivity contribution in [3.8, 4) is 11.3 Å². The van der Waals surface area contributed by atoms with Crippen molar-refractivity contribution in [2.24, 2.45) is 0 Å². The predicted molar refractivity (Wildman–Crippen MR) is 117 cm³/mol. The molecular formula is C22H18Cl2N2O3. The number of nitrogens with one attached hydrogen (secondary N) is 2. The molecule has 0 atom stereocenters. The minimum atomic E-state index is -0.311. The van der Waals surface area contributed by atoms with Crippen LogP contribution in [0.15, 0.2) is 65.1 Å². The van der Waals surface area contributed by atoms with Crippen LogP contribution in [0.1, 0.15) is 19.1 Å². The lowest BCUT2D eigenvalue weighted by Crippen LogP contribution is -2.10. The topological polar surface area (TPSA) is 71.3 Å². The molecule has 0 unspecified atom stereocenters. The zero-order valence-corrected chi connectivity index (χ0v) is 17.1. The van der Waals surface area contributed by atoms with Gasteiger partial charge in [-0.25, -0.2) is 0 Å². The fraction of sp³-hybridized carbons (Fsp3) is 0.0909. The lowest BCUT2D eigenvalue weighted by Gasteiger charge is -2.05. The summed E-state index contributed by atoms with van der Waals surface area (Å²) < 4.78 is 5.72. The summed E-state index contributed by atoms with van der Waals surface area (Å²) in [5, 5.41) is 6.34. The molecule has 0 saturated carbocycles. The Morgan fingerprint density at radius 2 is 1.66 bits per heavy atom. The Kier molecular flexibility index (Phi) is 6.75. The van der Waals surface area contributed by atoms with Crippen LogP contribution in [0.3, 0.4) is 0 Å². The molecule has 1 heterocycles. The number of rotatable bonds is 6. The summed E-state index contributed by atoms with van der Waals surface area (Å²) in [6.45, 7) is 1.78. The maximum atomic E-state index is 12.1. The molecule has 2 amide bonds. The molecule has 0 radical (unpaired) electrons. The molecule has 3 aromatic rings. The summed E-state index contributed by atoms with van der Waals surface area (Å²) in [5.74, 6) is 0.682. The van der Waals surface area contributed by atoms with E-state index in [4.69, 9.17) is 27.6 Å². The van der Waals surface area contributed by atoms with Crippen LogP contribution in [0, 0.1) is 0 Å². The van der Waals surface area contributed by atoms with Gasteiger partial charge in [-0.3, -0.25) is 9.59 Å². The summed E-state index contributed by atoms with van der Waals surface area (Å²) in [4.78, 5) is 23.5. The van der Waals surface area contributed by atoms with Crippen molar-refractivity contribution in [1.29, 1.82) is 0 Å². The standard InChI is InChI=1S/C22H18Cl2N2O3/c1-2-20(27)25-14-6-8-15(9-7-14)26-21(28)13-11-16-10-12-19(29-16)17-4-3-5-18(23)22(17)24/h3-13H,2H2,1H3,(H,25,27)(H,26,28). The second-order valence-corrected chi connectivity index (χ2v) is 6.89. The van der Waals surface area contributed by atoms with E-state index >= 15 is 0 Å². The fourth-order valence-electron chi connectivity index (χ4n) is 2.51. The molecule has 0 aliphatic carbocycles. The van der Waals surface area contributed by atoms with Gasteiger partial charge in [-0.15, -0.1) is 0 Å². The van der Waals surface area contributed by atoms with E-state index in [9.17, 15) is 9.59 Å². The van der Waals surface area contributed by atoms with Crippen molar-refractivity contribution in [1.82, 2.24) is 0 Å². The molecule has 7 heteroatoms. The third-order valence-corrected chi connectivity index (χ3v) is 4.82. The van der Waals surface area contributed by atoms with Gasteiger partial charge < -0.3 is 15.1 Å². The van der Waals surface area contributed by atoms with Gasteiger partial charge in [-0.2, -0.15) is 0 Å². The van der Waals surface area contributed by atoms with Crippen LogP contribution in [-0.2, 0) is 9.59 Å². The average molecular weight is 429 g/mol. The van der Waals surface area contributed by atoms with Crippen molar-refractivity contribution in [2.75, 3.05) is 10.6 Å². The van der Waals surface area contributed by atoms with Gasteiger partial charge >= 0.3 is 0 Å². The van der Waals surface area contributed by atoms with Crippen LogP contribution in [0.25, 0.3) is 17.4 Å². The van der Waals surface area contributed by atoms with Gasteiger partial charge in [0.15, 0.2) is 0 Å². The summed E-state index contributed by atoms with van der Waals surface area (Å²) in [5.41, 5.74) is 1.96. The second-order valence-electron chi connectivity index (χ2n) is 6.11. The summed E-state index contributed by atoms with van der Waals surface area (Å²) >= 11 is 12.2. The van der Waals surface area contributed by atoms with Gasteiger partial charge in [-0.1, -0.05) is 36.2 Å². The number of halogens is 2. The van der Waals surface area contributed by atoms with Crippen LogP contribution in [0.4, 0.5) is 11.4 Å². The first-order valence-electron chi connectivity index (χ1n) is 8.89. The first-order valence-corrected chi connectivity index (χ1v) is 9.65. The molecule has 3 rings (SSSR count). The molecule has 0 aliphatic rings. The van der Waals surface area contributed by atoms with Gasteiger partial charge in [0.25, 0.3) is 0 Å². The Balaban J connectivity index is 1.62. The zero-order chi connectivity index (χ0) is 20.8. The Morgan fingerprint density at radius 1 is 0.966 bits per heavy atom. The van der Waals surface area contributed by atoms with E-state index in [1.807, 2.05) is 0 Å². The van der Waals surface area contributed by atoms with E-state index in [2.05, 4.69) is 10.6 Å². The van der Waals surface area contributed by atoms with Crippen LogP contribution in [-0.4, -0.2) is 11.8 Å². The number of anilines is 2. The quantitative estimate of drug-likeness (QED) is 0.455. The molecule has 0 saturated heterocycles. The van der Waals surface area contributed by atoms with Crippen LogP contribution < -0.4 is 10.6 Å². The molecule has 0 fully saturated rings. The highest BCUT2D eigenvalue weighted by molar-refractivity contribution is 6.43. The molecule has 0 aliphatic heterocycles. The molecule has 1 aromatic heterocycles. The van der Waals surface area contributed by atoms with E-state index in [-0.39, 0.29) is 11.8 Å². The Hall–Kier alpha value is -3.02. The lowest BCUT2D eigenvalue weighted by molar-refractivity contribution is -0.116. The Morgan fingerprint density at radius 3 is 2.34 bits per heavy atom. The van der Waals surface area contributed by atoms with E-state index in [0.717, 1.165) is 0 Å².